The van der Waals surface area contributed by atoms with Gasteiger partial charge in [-0.2, -0.15) is 0 Å². The van der Waals surface area contributed by atoms with Crippen LogP contribution in [0.15, 0.2) is 41.4 Å². The van der Waals surface area contributed by atoms with E-state index in [1.807, 2.05) is 36.4 Å². The number of nitrogens with two attached hydrogens (primary N) is 1. The van der Waals surface area contributed by atoms with Gasteiger partial charge in [-0.1, -0.05) is 18.2 Å². The fourth-order valence-electron chi connectivity index (χ4n) is 2.05. The molecule has 0 bridgehead atoms. The Morgan fingerprint density at radius 3 is 2.56 bits per heavy atom. The summed E-state index contributed by atoms with van der Waals surface area (Å²) < 4.78 is 0. The molecule has 16 heavy (non-hydrogen) atoms. The highest BCUT2D eigenvalue weighted by Gasteiger charge is 2.31. The SMILES string of the molecule is CC(O)CC1(c2ccc(N)cc2)C=CC=N1. The molecule has 0 fully saturated rings. The average molecular weight is 216 g/mol. The zero-order valence-corrected chi connectivity index (χ0v) is 9.30. The fourth-order valence-corrected chi connectivity index (χ4v) is 2.05. The van der Waals surface area contributed by atoms with E-state index in [1.54, 1.807) is 13.1 Å². The zero-order chi connectivity index (χ0) is 11.6. The molecular formula is C13H16N2O. The second-order valence-electron chi connectivity index (χ2n) is 4.24. The molecule has 0 radical (unpaired) electrons. The van der Waals surface area contributed by atoms with Crippen LogP contribution in [0.5, 0.6) is 0 Å². The van der Waals surface area contributed by atoms with E-state index >= 15 is 0 Å². The fraction of sp³-hybridized carbons (Fsp3) is 0.308. The molecule has 1 heterocycles. The van der Waals surface area contributed by atoms with Crippen LogP contribution < -0.4 is 5.73 Å². The first kappa shape index (κ1) is 10.9. The van der Waals surface area contributed by atoms with Crippen LogP contribution in [0.3, 0.4) is 0 Å². The minimum absolute atomic E-state index is 0.391. The number of aliphatic imine (C=N–C) groups is 1. The summed E-state index contributed by atoms with van der Waals surface area (Å²) >= 11 is 0. The molecule has 3 N–H and O–H groups in total. The smallest absolute Gasteiger partial charge is 0.106 e. The Balaban J connectivity index is 2.36. The molecule has 1 aliphatic heterocycles. The van der Waals surface area contributed by atoms with Crippen LogP contribution in [0, 0.1) is 0 Å². The number of nitrogen functional groups attached to an aromatic ring is 1. The standard InChI is InChI=1S/C13H16N2O/c1-10(16)9-13(7-2-8-15-13)11-3-5-12(14)6-4-11/h2-8,10,16H,9,14H2,1H3. The van der Waals surface area contributed by atoms with Gasteiger partial charge < -0.3 is 10.8 Å². The number of anilines is 1. The summed E-state index contributed by atoms with van der Waals surface area (Å²) in [5.41, 5.74) is 7.05. The molecule has 0 saturated carbocycles. The quantitative estimate of drug-likeness (QED) is 0.758. The van der Waals surface area contributed by atoms with Crippen LogP contribution in [0.1, 0.15) is 18.9 Å². The third-order valence-electron chi connectivity index (χ3n) is 2.78. The van der Waals surface area contributed by atoms with E-state index < -0.39 is 11.6 Å². The third kappa shape index (κ3) is 1.99. The molecule has 0 saturated heterocycles. The van der Waals surface area contributed by atoms with Crippen molar-refractivity contribution in [2.24, 2.45) is 4.99 Å². The van der Waals surface area contributed by atoms with Crippen molar-refractivity contribution in [1.82, 2.24) is 0 Å². The minimum Gasteiger partial charge on any atom is -0.399 e. The predicted molar refractivity (Wildman–Crippen MR) is 66.5 cm³/mol. The van der Waals surface area contributed by atoms with Gasteiger partial charge in [-0.3, -0.25) is 4.99 Å². The van der Waals surface area contributed by atoms with Crippen LogP contribution in [-0.2, 0) is 5.54 Å². The van der Waals surface area contributed by atoms with E-state index in [1.165, 1.54) is 0 Å². The largest absolute Gasteiger partial charge is 0.399 e. The first-order valence-electron chi connectivity index (χ1n) is 5.39. The van der Waals surface area contributed by atoms with Gasteiger partial charge in [0.05, 0.1) is 6.10 Å². The number of benzene rings is 1. The van der Waals surface area contributed by atoms with E-state index in [0.29, 0.717) is 6.42 Å². The first-order valence-corrected chi connectivity index (χ1v) is 5.39. The van der Waals surface area contributed by atoms with E-state index in [-0.39, 0.29) is 0 Å². The maximum absolute atomic E-state index is 9.56. The van der Waals surface area contributed by atoms with Crippen molar-refractivity contribution in [2.75, 3.05) is 5.73 Å². The van der Waals surface area contributed by atoms with Crippen molar-refractivity contribution in [2.45, 2.75) is 25.0 Å². The number of aliphatic hydroxyl groups is 1. The monoisotopic (exact) mass is 216 g/mol. The lowest BCUT2D eigenvalue weighted by Gasteiger charge is -2.26. The number of nitrogens with zero attached hydrogens (tertiary/aromatic N) is 1. The van der Waals surface area contributed by atoms with Crippen molar-refractivity contribution in [3.05, 3.63) is 42.0 Å². The molecule has 3 heteroatoms. The molecule has 2 unspecified atom stereocenters. The molecule has 2 atom stereocenters. The maximum Gasteiger partial charge on any atom is 0.106 e. The van der Waals surface area contributed by atoms with Crippen LogP contribution in [0.25, 0.3) is 0 Å². The highest BCUT2D eigenvalue weighted by molar-refractivity contribution is 5.76. The van der Waals surface area contributed by atoms with Gasteiger partial charge in [0.15, 0.2) is 0 Å². The Labute approximate surface area is 95.3 Å². The lowest BCUT2D eigenvalue weighted by atomic mass is 9.86. The normalized spacial score (nSPS) is 24.9. The molecule has 0 spiro atoms. The van der Waals surface area contributed by atoms with Crippen molar-refractivity contribution in [3.8, 4) is 0 Å². The summed E-state index contributed by atoms with van der Waals surface area (Å²) in [7, 11) is 0. The van der Waals surface area contributed by atoms with Crippen LogP contribution in [0.2, 0.25) is 0 Å². The Hall–Kier alpha value is -1.61. The number of aliphatic hydroxyl groups excluding tert-OH is 1. The Morgan fingerprint density at radius 1 is 1.38 bits per heavy atom. The minimum atomic E-state index is -0.415. The summed E-state index contributed by atoms with van der Waals surface area (Å²) in [6.45, 7) is 1.78. The number of rotatable bonds is 3. The summed E-state index contributed by atoms with van der Waals surface area (Å²) in [4.78, 5) is 4.47. The molecule has 1 aromatic rings. The van der Waals surface area contributed by atoms with Crippen molar-refractivity contribution in [3.63, 3.8) is 0 Å². The lowest BCUT2D eigenvalue weighted by Crippen LogP contribution is -2.24. The lowest BCUT2D eigenvalue weighted by molar-refractivity contribution is 0.162. The van der Waals surface area contributed by atoms with Gasteiger partial charge >= 0.3 is 0 Å². The highest BCUT2D eigenvalue weighted by Crippen LogP contribution is 2.35. The maximum atomic E-state index is 9.56. The summed E-state index contributed by atoms with van der Waals surface area (Å²) in [5.74, 6) is 0. The summed E-state index contributed by atoms with van der Waals surface area (Å²) in [6, 6.07) is 7.65. The van der Waals surface area contributed by atoms with Gasteiger partial charge in [-0.15, -0.1) is 0 Å². The third-order valence-corrected chi connectivity index (χ3v) is 2.78. The molecule has 2 rings (SSSR count). The summed E-state index contributed by atoms with van der Waals surface area (Å²) in [5, 5.41) is 9.56. The van der Waals surface area contributed by atoms with Gasteiger partial charge in [0.1, 0.15) is 5.54 Å². The first-order chi connectivity index (χ1) is 7.62. The van der Waals surface area contributed by atoms with Crippen LogP contribution in [-0.4, -0.2) is 17.4 Å². The zero-order valence-electron chi connectivity index (χ0n) is 9.30. The van der Waals surface area contributed by atoms with Gasteiger partial charge in [-0.25, -0.2) is 0 Å². The molecule has 1 aliphatic rings. The molecule has 1 aromatic carbocycles. The van der Waals surface area contributed by atoms with E-state index in [0.717, 1.165) is 11.3 Å². The predicted octanol–water partition coefficient (Wildman–Crippen LogP) is 1.88. The van der Waals surface area contributed by atoms with Crippen molar-refractivity contribution < 1.29 is 5.11 Å². The molecule has 0 aromatic heterocycles. The number of allylic oxidation sites excluding steroid dienone is 1. The van der Waals surface area contributed by atoms with Gasteiger partial charge in [0.2, 0.25) is 0 Å². The Kier molecular flexibility index (Phi) is 2.79. The van der Waals surface area contributed by atoms with Gasteiger partial charge in [0.25, 0.3) is 0 Å². The summed E-state index contributed by atoms with van der Waals surface area (Å²) in [6.07, 6.45) is 5.91. The average Bonchev–Trinajstić information content (AvgIpc) is 2.67. The Bertz CT molecular complexity index is 406. The second-order valence-corrected chi connectivity index (χ2v) is 4.24. The van der Waals surface area contributed by atoms with E-state index in [4.69, 9.17) is 5.73 Å². The van der Waals surface area contributed by atoms with Crippen molar-refractivity contribution >= 4 is 11.9 Å². The molecule has 0 amide bonds. The van der Waals surface area contributed by atoms with Crippen molar-refractivity contribution in [1.29, 1.82) is 0 Å². The topological polar surface area (TPSA) is 58.6 Å². The van der Waals surface area contributed by atoms with E-state index in [2.05, 4.69) is 4.99 Å². The molecule has 3 nitrogen and oxygen atoms in total. The number of hydrogen-bond donors (Lipinski definition) is 2. The molecular weight excluding hydrogens is 200 g/mol. The van der Waals surface area contributed by atoms with Gasteiger partial charge in [-0.05, 0) is 30.7 Å². The number of hydrogen-bond acceptors (Lipinski definition) is 3. The van der Waals surface area contributed by atoms with Crippen LogP contribution >= 0.6 is 0 Å². The highest BCUT2D eigenvalue weighted by atomic mass is 16.3. The second kappa shape index (κ2) is 4.10. The van der Waals surface area contributed by atoms with Crippen LogP contribution in [0.4, 0.5) is 5.69 Å². The van der Waals surface area contributed by atoms with E-state index in [9.17, 15) is 5.11 Å². The molecule has 0 aliphatic carbocycles. The molecule has 84 valence electrons. The van der Waals surface area contributed by atoms with Gasteiger partial charge in [0, 0.05) is 18.3 Å². The Morgan fingerprint density at radius 2 is 2.06 bits per heavy atom.